The third-order valence-electron chi connectivity index (χ3n) is 2.88. The number of nitrogens with zero attached hydrogens (tertiary/aromatic N) is 2. The maximum atomic E-state index is 9.80. The van der Waals surface area contributed by atoms with Gasteiger partial charge in [0.15, 0.2) is 0 Å². The van der Waals surface area contributed by atoms with Gasteiger partial charge in [0.25, 0.3) is 0 Å². The van der Waals surface area contributed by atoms with Gasteiger partial charge in [-0.15, -0.1) is 0 Å². The van der Waals surface area contributed by atoms with Gasteiger partial charge < -0.3 is 5.11 Å². The molecule has 0 fully saturated rings. The van der Waals surface area contributed by atoms with Gasteiger partial charge in [-0.1, -0.05) is 44.2 Å². The molecule has 0 spiro atoms. The number of hydrogen-bond donors (Lipinski definition) is 1. The Labute approximate surface area is 102 Å². The Hall–Kier alpha value is -1.61. The highest BCUT2D eigenvalue weighted by Gasteiger charge is 2.10. The molecule has 3 nitrogen and oxygen atoms in total. The molecule has 0 saturated carbocycles. The largest absolute Gasteiger partial charge is 0.391 e. The summed E-state index contributed by atoms with van der Waals surface area (Å²) in [6.45, 7) is 4.56. The summed E-state index contributed by atoms with van der Waals surface area (Å²) in [4.78, 5) is 0. The summed E-state index contributed by atoms with van der Waals surface area (Å²) in [5.74, 6) is 0.249. The number of aliphatic hydroxyl groups excluding tert-OH is 1. The van der Waals surface area contributed by atoms with Gasteiger partial charge in [-0.25, -0.2) is 0 Å². The smallest absolute Gasteiger partial charge is 0.0758 e. The molecule has 2 aromatic rings. The van der Waals surface area contributed by atoms with Crippen LogP contribution in [0.2, 0.25) is 0 Å². The lowest BCUT2D eigenvalue weighted by molar-refractivity contribution is 0.103. The van der Waals surface area contributed by atoms with Crippen molar-refractivity contribution in [2.75, 3.05) is 0 Å². The molecule has 1 atom stereocenters. The molecule has 1 heterocycles. The predicted octanol–water partition coefficient (Wildman–Crippen LogP) is 2.57. The van der Waals surface area contributed by atoms with Crippen molar-refractivity contribution in [1.29, 1.82) is 0 Å². The monoisotopic (exact) mass is 230 g/mol. The van der Waals surface area contributed by atoms with Crippen LogP contribution < -0.4 is 0 Å². The minimum atomic E-state index is -0.349. The lowest BCUT2D eigenvalue weighted by Crippen LogP contribution is -2.21. The molecule has 0 bridgehead atoms. The summed E-state index contributed by atoms with van der Waals surface area (Å²) in [5, 5.41) is 14.1. The van der Waals surface area contributed by atoms with Crippen molar-refractivity contribution in [2.24, 2.45) is 5.92 Å². The van der Waals surface area contributed by atoms with Crippen LogP contribution in [0.1, 0.15) is 13.8 Å². The highest BCUT2D eigenvalue weighted by atomic mass is 16.3. The lowest BCUT2D eigenvalue weighted by Gasteiger charge is -2.13. The van der Waals surface area contributed by atoms with E-state index in [0.717, 1.165) is 11.1 Å². The van der Waals surface area contributed by atoms with Gasteiger partial charge >= 0.3 is 0 Å². The van der Waals surface area contributed by atoms with Crippen molar-refractivity contribution in [3.8, 4) is 11.1 Å². The van der Waals surface area contributed by atoms with Crippen LogP contribution in [-0.4, -0.2) is 21.0 Å². The Bertz CT molecular complexity index is 462. The fraction of sp³-hybridized carbons (Fsp3) is 0.357. The zero-order valence-electron chi connectivity index (χ0n) is 10.2. The molecule has 0 amide bonds. The van der Waals surface area contributed by atoms with E-state index in [4.69, 9.17) is 0 Å². The van der Waals surface area contributed by atoms with Gasteiger partial charge in [0, 0.05) is 11.8 Å². The second-order valence-corrected chi connectivity index (χ2v) is 4.63. The third-order valence-corrected chi connectivity index (χ3v) is 2.88. The van der Waals surface area contributed by atoms with Gasteiger partial charge in [-0.2, -0.15) is 5.10 Å². The lowest BCUT2D eigenvalue weighted by atomic mass is 10.1. The molecule has 1 unspecified atom stereocenters. The Morgan fingerprint density at radius 1 is 1.18 bits per heavy atom. The summed E-state index contributed by atoms with van der Waals surface area (Å²) in [7, 11) is 0. The Morgan fingerprint density at radius 2 is 1.88 bits per heavy atom. The number of benzene rings is 1. The molecule has 1 aromatic carbocycles. The standard InChI is InChI=1S/C14H18N2O/c1-11(2)14(17)10-16-9-13(8-15-16)12-6-4-3-5-7-12/h3-9,11,14,17H,10H2,1-2H3. The molecule has 3 heteroatoms. The van der Waals surface area contributed by atoms with E-state index in [1.165, 1.54) is 0 Å². The third kappa shape index (κ3) is 2.94. The summed E-state index contributed by atoms with van der Waals surface area (Å²) in [6, 6.07) is 10.1. The van der Waals surface area contributed by atoms with Crippen molar-refractivity contribution >= 4 is 0 Å². The minimum Gasteiger partial charge on any atom is -0.391 e. The van der Waals surface area contributed by atoms with Gasteiger partial charge in [-0.3, -0.25) is 4.68 Å². The first-order valence-electron chi connectivity index (χ1n) is 5.93. The number of aliphatic hydroxyl groups is 1. The highest BCUT2D eigenvalue weighted by molar-refractivity contribution is 5.61. The average Bonchev–Trinajstić information content (AvgIpc) is 2.78. The molecule has 90 valence electrons. The summed E-state index contributed by atoms with van der Waals surface area (Å²) in [5.41, 5.74) is 2.24. The molecular formula is C14H18N2O. The first-order chi connectivity index (χ1) is 8.16. The predicted molar refractivity (Wildman–Crippen MR) is 68.5 cm³/mol. The maximum Gasteiger partial charge on any atom is 0.0758 e. The first kappa shape index (κ1) is 11.9. The zero-order valence-corrected chi connectivity index (χ0v) is 10.2. The summed E-state index contributed by atoms with van der Waals surface area (Å²) in [6.07, 6.45) is 3.46. The van der Waals surface area contributed by atoms with Crippen molar-refractivity contribution in [2.45, 2.75) is 26.5 Å². The summed E-state index contributed by atoms with van der Waals surface area (Å²) >= 11 is 0. The molecule has 1 aromatic heterocycles. The average molecular weight is 230 g/mol. The van der Waals surface area contributed by atoms with E-state index < -0.39 is 0 Å². The van der Waals surface area contributed by atoms with Crippen LogP contribution in [0.5, 0.6) is 0 Å². The number of hydrogen-bond acceptors (Lipinski definition) is 2. The Kier molecular flexibility index (Phi) is 3.59. The minimum absolute atomic E-state index is 0.249. The molecule has 0 radical (unpaired) electrons. The van der Waals surface area contributed by atoms with E-state index in [-0.39, 0.29) is 12.0 Å². The van der Waals surface area contributed by atoms with Crippen LogP contribution in [0.25, 0.3) is 11.1 Å². The fourth-order valence-electron chi connectivity index (χ4n) is 1.65. The van der Waals surface area contributed by atoms with Crippen LogP contribution in [0.15, 0.2) is 42.7 Å². The zero-order chi connectivity index (χ0) is 12.3. The number of aromatic nitrogens is 2. The maximum absolute atomic E-state index is 9.80. The molecule has 17 heavy (non-hydrogen) atoms. The van der Waals surface area contributed by atoms with Crippen molar-refractivity contribution in [1.82, 2.24) is 9.78 Å². The second-order valence-electron chi connectivity index (χ2n) is 4.63. The fourth-order valence-corrected chi connectivity index (χ4v) is 1.65. The van der Waals surface area contributed by atoms with Crippen LogP contribution in [0.4, 0.5) is 0 Å². The van der Waals surface area contributed by atoms with Crippen LogP contribution in [-0.2, 0) is 6.54 Å². The van der Waals surface area contributed by atoms with Crippen LogP contribution >= 0.6 is 0 Å². The molecule has 0 aliphatic rings. The van der Waals surface area contributed by atoms with E-state index in [1.54, 1.807) is 4.68 Å². The van der Waals surface area contributed by atoms with E-state index in [0.29, 0.717) is 6.54 Å². The molecule has 0 aliphatic carbocycles. The topological polar surface area (TPSA) is 38.0 Å². The second kappa shape index (κ2) is 5.15. The molecule has 0 saturated heterocycles. The number of rotatable bonds is 4. The quantitative estimate of drug-likeness (QED) is 0.876. The van der Waals surface area contributed by atoms with Crippen molar-refractivity contribution in [3.63, 3.8) is 0 Å². The SMILES string of the molecule is CC(C)C(O)Cn1cc(-c2ccccc2)cn1. The van der Waals surface area contributed by atoms with Gasteiger partial charge in [0.05, 0.1) is 18.8 Å². The van der Waals surface area contributed by atoms with E-state index in [2.05, 4.69) is 17.2 Å². The van der Waals surface area contributed by atoms with E-state index in [1.807, 2.05) is 44.4 Å². The van der Waals surface area contributed by atoms with Crippen molar-refractivity contribution < 1.29 is 5.11 Å². The van der Waals surface area contributed by atoms with Crippen LogP contribution in [0.3, 0.4) is 0 Å². The van der Waals surface area contributed by atoms with Crippen LogP contribution in [0, 0.1) is 5.92 Å². The van der Waals surface area contributed by atoms with E-state index in [9.17, 15) is 5.11 Å². The molecule has 0 aliphatic heterocycles. The first-order valence-corrected chi connectivity index (χ1v) is 5.93. The van der Waals surface area contributed by atoms with Crippen molar-refractivity contribution in [3.05, 3.63) is 42.7 Å². The Morgan fingerprint density at radius 3 is 2.53 bits per heavy atom. The Balaban J connectivity index is 2.12. The van der Waals surface area contributed by atoms with Gasteiger partial charge in [0.2, 0.25) is 0 Å². The van der Waals surface area contributed by atoms with E-state index >= 15 is 0 Å². The highest BCUT2D eigenvalue weighted by Crippen LogP contribution is 2.18. The van der Waals surface area contributed by atoms with Gasteiger partial charge in [-0.05, 0) is 11.5 Å². The van der Waals surface area contributed by atoms with Gasteiger partial charge in [0.1, 0.15) is 0 Å². The molecule has 1 N–H and O–H groups in total. The molecular weight excluding hydrogens is 212 g/mol. The summed E-state index contributed by atoms with van der Waals surface area (Å²) < 4.78 is 1.80. The normalized spacial score (nSPS) is 12.9. The molecule has 2 rings (SSSR count).